The average Bonchev–Trinajstić information content (AvgIpc) is 3.01. The SMILES string of the molecule is COc1cc(/C=C2/N=C(SC)SC2=O)cc(Cl)c1OCc1ccccc1. The molecule has 7 heteroatoms. The largest absolute Gasteiger partial charge is 0.493 e. The van der Waals surface area contributed by atoms with Crippen LogP contribution in [-0.4, -0.2) is 22.9 Å². The summed E-state index contributed by atoms with van der Waals surface area (Å²) in [5, 5.41) is 0.341. The number of hydrogen-bond acceptors (Lipinski definition) is 6. The van der Waals surface area contributed by atoms with Crippen molar-refractivity contribution in [3.8, 4) is 11.5 Å². The van der Waals surface area contributed by atoms with Crippen LogP contribution < -0.4 is 9.47 Å². The maximum absolute atomic E-state index is 12.0. The summed E-state index contributed by atoms with van der Waals surface area (Å²) in [7, 11) is 1.55. The van der Waals surface area contributed by atoms with Gasteiger partial charge in [0.15, 0.2) is 11.5 Å². The Morgan fingerprint density at radius 1 is 1.27 bits per heavy atom. The first-order valence-electron chi connectivity index (χ1n) is 7.71. The number of carbonyl (C=O) groups excluding carboxylic acids is 1. The van der Waals surface area contributed by atoms with Gasteiger partial charge >= 0.3 is 0 Å². The summed E-state index contributed by atoms with van der Waals surface area (Å²) < 4.78 is 12.0. The van der Waals surface area contributed by atoms with Gasteiger partial charge < -0.3 is 9.47 Å². The highest BCUT2D eigenvalue weighted by atomic mass is 35.5. The summed E-state index contributed by atoms with van der Waals surface area (Å²) >= 11 is 8.97. The molecule has 0 spiro atoms. The molecule has 0 bridgehead atoms. The molecule has 1 aliphatic heterocycles. The molecule has 0 radical (unpaired) electrons. The number of aliphatic imine (C=N–C) groups is 1. The van der Waals surface area contributed by atoms with E-state index in [0.717, 1.165) is 27.3 Å². The summed E-state index contributed by atoms with van der Waals surface area (Å²) in [6.07, 6.45) is 3.59. The van der Waals surface area contributed by atoms with Gasteiger partial charge in [0.2, 0.25) is 5.12 Å². The van der Waals surface area contributed by atoms with E-state index in [4.69, 9.17) is 21.1 Å². The maximum atomic E-state index is 12.0. The fourth-order valence-electron chi connectivity index (χ4n) is 2.33. The van der Waals surface area contributed by atoms with Crippen LogP contribution in [0.1, 0.15) is 11.1 Å². The van der Waals surface area contributed by atoms with Crippen molar-refractivity contribution in [2.45, 2.75) is 6.61 Å². The highest BCUT2D eigenvalue weighted by Crippen LogP contribution is 2.38. The first kappa shape index (κ1) is 18.9. The molecule has 0 N–H and O–H groups in total. The molecule has 2 aromatic rings. The van der Waals surface area contributed by atoms with E-state index in [1.54, 1.807) is 25.3 Å². The van der Waals surface area contributed by atoms with E-state index in [1.807, 2.05) is 36.6 Å². The monoisotopic (exact) mass is 405 g/mol. The van der Waals surface area contributed by atoms with Crippen molar-refractivity contribution in [3.05, 3.63) is 64.3 Å². The van der Waals surface area contributed by atoms with E-state index in [1.165, 1.54) is 11.8 Å². The lowest BCUT2D eigenvalue weighted by Crippen LogP contribution is -1.99. The second kappa shape index (κ2) is 8.66. The summed E-state index contributed by atoms with van der Waals surface area (Å²) in [5.41, 5.74) is 2.16. The van der Waals surface area contributed by atoms with Gasteiger partial charge in [0, 0.05) is 0 Å². The molecule has 0 amide bonds. The Bertz CT molecular complexity index is 882. The van der Waals surface area contributed by atoms with Gasteiger partial charge in [-0.25, -0.2) is 4.99 Å². The normalized spacial score (nSPS) is 15.3. The van der Waals surface area contributed by atoms with E-state index in [-0.39, 0.29) is 5.12 Å². The minimum atomic E-state index is -0.0751. The third kappa shape index (κ3) is 4.44. The van der Waals surface area contributed by atoms with Crippen LogP contribution in [-0.2, 0) is 11.4 Å². The highest BCUT2D eigenvalue weighted by molar-refractivity contribution is 8.45. The van der Waals surface area contributed by atoms with Crippen molar-refractivity contribution in [2.24, 2.45) is 4.99 Å². The van der Waals surface area contributed by atoms with E-state index in [0.29, 0.717) is 28.8 Å². The summed E-state index contributed by atoms with van der Waals surface area (Å²) in [5.74, 6) is 0.980. The number of thioether (sulfide) groups is 2. The topological polar surface area (TPSA) is 47.9 Å². The standard InChI is InChI=1S/C19H16ClNO3S2/c1-23-16-10-13(9-15-18(22)26-19(21-15)25-2)8-14(20)17(16)24-11-12-6-4-3-5-7-12/h3-10H,11H2,1-2H3/b15-9+. The van der Waals surface area contributed by atoms with Crippen LogP contribution in [0.15, 0.2) is 53.2 Å². The van der Waals surface area contributed by atoms with E-state index < -0.39 is 0 Å². The van der Waals surface area contributed by atoms with E-state index in [9.17, 15) is 4.79 Å². The van der Waals surface area contributed by atoms with Gasteiger partial charge in [0.25, 0.3) is 0 Å². The molecule has 4 nitrogen and oxygen atoms in total. The van der Waals surface area contributed by atoms with Crippen molar-refractivity contribution < 1.29 is 14.3 Å². The second-order valence-corrected chi connectivity index (χ2v) is 7.73. The lowest BCUT2D eigenvalue weighted by Gasteiger charge is -2.13. The zero-order valence-corrected chi connectivity index (χ0v) is 16.6. The smallest absolute Gasteiger partial charge is 0.244 e. The maximum Gasteiger partial charge on any atom is 0.244 e. The van der Waals surface area contributed by atoms with Crippen molar-refractivity contribution in [1.29, 1.82) is 0 Å². The molecular formula is C19H16ClNO3S2. The zero-order chi connectivity index (χ0) is 18.5. The first-order valence-corrected chi connectivity index (χ1v) is 10.1. The molecule has 0 fully saturated rings. The van der Waals surface area contributed by atoms with Crippen LogP contribution in [0.3, 0.4) is 0 Å². The number of rotatable bonds is 5. The van der Waals surface area contributed by atoms with Crippen LogP contribution in [0.25, 0.3) is 6.08 Å². The molecular weight excluding hydrogens is 390 g/mol. The summed E-state index contributed by atoms with van der Waals surface area (Å²) in [4.78, 5) is 16.3. The molecule has 0 aromatic heterocycles. The second-order valence-electron chi connectivity index (χ2n) is 5.31. The van der Waals surface area contributed by atoms with Gasteiger partial charge in [-0.2, -0.15) is 0 Å². The number of carbonyl (C=O) groups is 1. The lowest BCUT2D eigenvalue weighted by molar-refractivity contribution is -0.107. The average molecular weight is 406 g/mol. The number of benzene rings is 2. The van der Waals surface area contributed by atoms with Gasteiger partial charge in [0.05, 0.1) is 12.1 Å². The molecule has 0 unspecified atom stereocenters. The molecule has 1 heterocycles. The Hall–Kier alpha value is -1.89. The molecule has 2 aromatic carbocycles. The van der Waals surface area contributed by atoms with Gasteiger partial charge in [-0.15, -0.1) is 11.8 Å². The van der Waals surface area contributed by atoms with Gasteiger partial charge in [-0.1, -0.05) is 41.9 Å². The van der Waals surface area contributed by atoms with Gasteiger partial charge in [0.1, 0.15) is 16.7 Å². The predicted octanol–water partition coefficient (Wildman–Crippen LogP) is 5.26. The number of halogens is 1. The van der Waals surface area contributed by atoms with Gasteiger partial charge in [-0.3, -0.25) is 4.79 Å². The van der Waals surface area contributed by atoms with Crippen molar-refractivity contribution in [1.82, 2.24) is 0 Å². The summed E-state index contributed by atoms with van der Waals surface area (Å²) in [6.45, 7) is 0.383. The van der Waals surface area contributed by atoms with Crippen LogP contribution in [0.5, 0.6) is 11.5 Å². The van der Waals surface area contributed by atoms with Crippen LogP contribution in [0, 0.1) is 0 Å². The van der Waals surface area contributed by atoms with Crippen molar-refractivity contribution in [2.75, 3.05) is 13.4 Å². The quantitative estimate of drug-likeness (QED) is 0.635. The fourth-order valence-corrected chi connectivity index (χ4v) is 3.86. The van der Waals surface area contributed by atoms with E-state index in [2.05, 4.69) is 4.99 Å². The molecule has 1 aliphatic rings. The highest BCUT2D eigenvalue weighted by Gasteiger charge is 2.22. The molecule has 0 atom stereocenters. The van der Waals surface area contributed by atoms with Crippen molar-refractivity contribution in [3.63, 3.8) is 0 Å². The minimum Gasteiger partial charge on any atom is -0.493 e. The Morgan fingerprint density at radius 2 is 2.04 bits per heavy atom. The predicted molar refractivity (Wildman–Crippen MR) is 110 cm³/mol. The van der Waals surface area contributed by atoms with Gasteiger partial charge in [-0.05, 0) is 47.4 Å². The number of nitrogens with zero attached hydrogens (tertiary/aromatic N) is 1. The Balaban J connectivity index is 1.85. The van der Waals surface area contributed by atoms with Crippen LogP contribution >= 0.6 is 35.1 Å². The summed E-state index contributed by atoms with van der Waals surface area (Å²) in [6, 6.07) is 13.3. The van der Waals surface area contributed by atoms with E-state index >= 15 is 0 Å². The number of ether oxygens (including phenoxy) is 2. The molecule has 134 valence electrons. The number of methoxy groups -OCH3 is 1. The zero-order valence-electron chi connectivity index (χ0n) is 14.2. The van der Waals surface area contributed by atoms with Crippen LogP contribution in [0.4, 0.5) is 0 Å². The molecule has 0 aliphatic carbocycles. The lowest BCUT2D eigenvalue weighted by atomic mass is 10.1. The number of hydrogen-bond donors (Lipinski definition) is 0. The molecule has 0 saturated carbocycles. The minimum absolute atomic E-state index is 0.0751. The third-order valence-electron chi connectivity index (χ3n) is 3.56. The van der Waals surface area contributed by atoms with Crippen molar-refractivity contribution >= 4 is 50.7 Å². The molecule has 0 saturated heterocycles. The Kier molecular flexibility index (Phi) is 6.29. The Labute approximate surface area is 165 Å². The Morgan fingerprint density at radius 3 is 2.69 bits per heavy atom. The third-order valence-corrected chi connectivity index (χ3v) is 5.69. The first-order chi connectivity index (χ1) is 12.6. The van der Waals surface area contributed by atoms with Crippen LogP contribution in [0.2, 0.25) is 5.02 Å². The molecule has 26 heavy (non-hydrogen) atoms. The fraction of sp³-hybridized carbons (Fsp3) is 0.158. The molecule has 3 rings (SSSR count).